The quantitative estimate of drug-likeness (QED) is 0.882. The molecule has 0 saturated carbocycles. The van der Waals surface area contributed by atoms with E-state index < -0.39 is 21.2 Å². The largest absolute Gasteiger partial charge is 0.391 e. The van der Waals surface area contributed by atoms with Gasteiger partial charge in [-0.15, -0.1) is 0 Å². The van der Waals surface area contributed by atoms with Crippen LogP contribution in [0.4, 0.5) is 0 Å². The summed E-state index contributed by atoms with van der Waals surface area (Å²) in [5, 5.41) is 13.7. The molecule has 2 heterocycles. The Bertz CT molecular complexity index is 524. The Kier molecular flexibility index (Phi) is 4.25. The minimum absolute atomic E-state index is 0.146. The molecule has 1 aliphatic rings. The summed E-state index contributed by atoms with van der Waals surface area (Å²) in [6.07, 6.45) is 2.89. The van der Waals surface area contributed by atoms with Crippen LogP contribution in [0.3, 0.4) is 0 Å². The van der Waals surface area contributed by atoms with Gasteiger partial charge in [-0.05, 0) is 26.7 Å². The number of rotatable bonds is 4. The van der Waals surface area contributed by atoms with Crippen molar-refractivity contribution in [3.8, 4) is 0 Å². The maximum atomic E-state index is 12.0. The fraction of sp³-hybridized carbons (Fsp3) is 0.833. The molecule has 108 valence electrons. The second-order valence-corrected chi connectivity index (χ2v) is 7.73. The van der Waals surface area contributed by atoms with Gasteiger partial charge in [0.05, 0.1) is 17.1 Å². The summed E-state index contributed by atoms with van der Waals surface area (Å²) in [4.78, 5) is 4.12. The first-order valence-electron chi connectivity index (χ1n) is 6.70. The Morgan fingerprint density at radius 1 is 1.47 bits per heavy atom. The molecular weight excluding hydrogens is 266 g/mol. The summed E-state index contributed by atoms with van der Waals surface area (Å²) in [5.74, 6) is 0.828. The molecule has 2 rings (SSSR count). The van der Waals surface area contributed by atoms with Crippen molar-refractivity contribution in [2.75, 3.05) is 5.75 Å². The monoisotopic (exact) mass is 287 g/mol. The van der Waals surface area contributed by atoms with Crippen LogP contribution in [0, 0.1) is 0 Å². The number of hydrogen-bond acceptors (Lipinski definition) is 5. The summed E-state index contributed by atoms with van der Waals surface area (Å²) in [6.45, 7) is 3.95. The maximum absolute atomic E-state index is 12.0. The highest BCUT2D eigenvalue weighted by Crippen LogP contribution is 2.24. The van der Waals surface area contributed by atoms with Gasteiger partial charge in [-0.2, -0.15) is 5.10 Å². The number of aliphatic hydroxyl groups excluding tert-OH is 1. The molecule has 6 nitrogen and oxygen atoms in total. The third-order valence-electron chi connectivity index (χ3n) is 3.59. The van der Waals surface area contributed by atoms with Gasteiger partial charge in [0.25, 0.3) is 0 Å². The fourth-order valence-corrected chi connectivity index (χ4v) is 4.59. The molecule has 1 N–H and O–H groups in total. The van der Waals surface area contributed by atoms with Crippen LogP contribution in [0.5, 0.6) is 0 Å². The lowest BCUT2D eigenvalue weighted by Gasteiger charge is -2.26. The first-order valence-corrected chi connectivity index (χ1v) is 8.41. The molecule has 0 aromatic carbocycles. The second-order valence-electron chi connectivity index (χ2n) is 5.39. The average molecular weight is 287 g/mol. The van der Waals surface area contributed by atoms with Crippen LogP contribution >= 0.6 is 0 Å². The standard InChI is InChI=1S/C12H21N3O3S/c1-9(2)15-12(13-8-14-15)7-10(16)11-5-3-4-6-19(11,17)18/h8-11,16H,3-7H2,1-2H3. The lowest BCUT2D eigenvalue weighted by molar-refractivity contribution is 0.157. The molecule has 0 bridgehead atoms. The third kappa shape index (κ3) is 3.14. The van der Waals surface area contributed by atoms with Crippen molar-refractivity contribution in [3.63, 3.8) is 0 Å². The van der Waals surface area contributed by atoms with Crippen LogP contribution in [-0.2, 0) is 16.3 Å². The Balaban J connectivity index is 2.12. The first kappa shape index (κ1) is 14.5. The van der Waals surface area contributed by atoms with Crippen molar-refractivity contribution in [1.29, 1.82) is 0 Å². The normalized spacial score (nSPS) is 24.5. The molecule has 1 aromatic rings. The van der Waals surface area contributed by atoms with Gasteiger partial charge in [0.15, 0.2) is 9.84 Å². The first-order chi connectivity index (χ1) is 8.92. The summed E-state index contributed by atoms with van der Waals surface area (Å²) in [6, 6.07) is 0.146. The van der Waals surface area contributed by atoms with Crippen LogP contribution < -0.4 is 0 Å². The molecule has 2 unspecified atom stereocenters. The number of nitrogens with zero attached hydrogens (tertiary/aromatic N) is 3. The highest BCUT2D eigenvalue weighted by atomic mass is 32.2. The number of sulfone groups is 1. The van der Waals surface area contributed by atoms with Crippen LogP contribution in [0.1, 0.15) is 45.0 Å². The van der Waals surface area contributed by atoms with E-state index in [1.165, 1.54) is 6.33 Å². The van der Waals surface area contributed by atoms with Gasteiger partial charge in [0.2, 0.25) is 0 Å². The van der Waals surface area contributed by atoms with Crippen molar-refractivity contribution in [3.05, 3.63) is 12.2 Å². The Morgan fingerprint density at radius 3 is 2.84 bits per heavy atom. The van der Waals surface area contributed by atoms with Gasteiger partial charge >= 0.3 is 0 Å². The molecule has 0 radical (unpaired) electrons. The topological polar surface area (TPSA) is 85.1 Å². The summed E-state index contributed by atoms with van der Waals surface area (Å²) < 4.78 is 25.7. The number of hydrogen-bond donors (Lipinski definition) is 1. The van der Waals surface area contributed by atoms with Crippen LogP contribution in [-0.4, -0.2) is 45.4 Å². The third-order valence-corrected chi connectivity index (χ3v) is 5.92. The molecule has 7 heteroatoms. The van der Waals surface area contributed by atoms with E-state index in [0.29, 0.717) is 18.7 Å². The van der Waals surface area contributed by atoms with E-state index in [9.17, 15) is 13.5 Å². The number of aliphatic hydroxyl groups is 1. The lowest BCUT2D eigenvalue weighted by Crippen LogP contribution is -2.40. The van der Waals surface area contributed by atoms with Crippen molar-refractivity contribution in [2.24, 2.45) is 0 Å². The van der Waals surface area contributed by atoms with E-state index in [0.717, 1.165) is 6.42 Å². The van der Waals surface area contributed by atoms with Gasteiger partial charge in [-0.3, -0.25) is 0 Å². The van der Waals surface area contributed by atoms with Crippen LogP contribution in [0.2, 0.25) is 0 Å². The predicted molar refractivity (Wildman–Crippen MR) is 71.5 cm³/mol. The van der Waals surface area contributed by atoms with E-state index in [4.69, 9.17) is 0 Å². The maximum Gasteiger partial charge on any atom is 0.155 e. The predicted octanol–water partition coefficient (Wildman–Crippen LogP) is 0.730. The number of aromatic nitrogens is 3. The summed E-state index contributed by atoms with van der Waals surface area (Å²) in [5.41, 5.74) is 0. The van der Waals surface area contributed by atoms with E-state index in [1.54, 1.807) is 4.68 Å². The van der Waals surface area contributed by atoms with Crippen LogP contribution in [0.25, 0.3) is 0 Å². The van der Waals surface area contributed by atoms with Crippen molar-refractivity contribution in [1.82, 2.24) is 14.8 Å². The Hall–Kier alpha value is -0.950. The zero-order valence-electron chi connectivity index (χ0n) is 11.4. The zero-order chi connectivity index (χ0) is 14.0. The Morgan fingerprint density at radius 2 is 2.21 bits per heavy atom. The molecule has 1 aliphatic heterocycles. The van der Waals surface area contributed by atoms with Gasteiger partial charge in [0.1, 0.15) is 12.2 Å². The van der Waals surface area contributed by atoms with Gasteiger partial charge < -0.3 is 5.11 Å². The Labute approximate surface area is 113 Å². The van der Waals surface area contributed by atoms with Crippen molar-refractivity contribution >= 4 is 9.84 Å². The molecular formula is C12H21N3O3S. The van der Waals surface area contributed by atoms with E-state index in [1.807, 2.05) is 13.8 Å². The van der Waals surface area contributed by atoms with E-state index in [-0.39, 0.29) is 18.2 Å². The van der Waals surface area contributed by atoms with Crippen molar-refractivity contribution in [2.45, 2.75) is 56.9 Å². The van der Waals surface area contributed by atoms with Gasteiger partial charge in [-0.25, -0.2) is 18.1 Å². The summed E-state index contributed by atoms with van der Waals surface area (Å²) in [7, 11) is -3.17. The van der Waals surface area contributed by atoms with Crippen LogP contribution in [0.15, 0.2) is 6.33 Å². The SMILES string of the molecule is CC(C)n1ncnc1CC(O)C1CCCCS1(=O)=O. The minimum Gasteiger partial charge on any atom is -0.391 e. The highest BCUT2D eigenvalue weighted by Gasteiger charge is 2.35. The van der Waals surface area contributed by atoms with Gasteiger partial charge in [-0.1, -0.05) is 6.42 Å². The average Bonchev–Trinajstić information content (AvgIpc) is 2.76. The molecule has 19 heavy (non-hydrogen) atoms. The smallest absolute Gasteiger partial charge is 0.155 e. The molecule has 1 aromatic heterocycles. The second kappa shape index (κ2) is 5.58. The van der Waals surface area contributed by atoms with Crippen molar-refractivity contribution < 1.29 is 13.5 Å². The molecule has 1 saturated heterocycles. The summed E-state index contributed by atoms with van der Waals surface area (Å²) >= 11 is 0. The highest BCUT2D eigenvalue weighted by molar-refractivity contribution is 7.92. The molecule has 2 atom stereocenters. The zero-order valence-corrected chi connectivity index (χ0v) is 12.2. The van der Waals surface area contributed by atoms with E-state index in [2.05, 4.69) is 10.1 Å². The molecule has 1 fully saturated rings. The van der Waals surface area contributed by atoms with Gasteiger partial charge in [0, 0.05) is 12.5 Å². The lowest BCUT2D eigenvalue weighted by atomic mass is 10.1. The van der Waals surface area contributed by atoms with E-state index >= 15 is 0 Å². The molecule has 0 spiro atoms. The minimum atomic E-state index is -3.17. The molecule has 0 amide bonds. The fourth-order valence-electron chi connectivity index (χ4n) is 2.58. The molecule has 0 aliphatic carbocycles.